The number of rotatable bonds is 3. The third kappa shape index (κ3) is 2.77. The molecule has 1 fully saturated rings. The maximum absolute atomic E-state index is 12.3. The zero-order valence-electron chi connectivity index (χ0n) is 10.8. The molecule has 0 spiro atoms. The van der Waals surface area contributed by atoms with Crippen LogP contribution in [0.15, 0.2) is 12.1 Å². The summed E-state index contributed by atoms with van der Waals surface area (Å²) in [6.07, 6.45) is 3.94. The second-order valence-electron chi connectivity index (χ2n) is 5.15. The van der Waals surface area contributed by atoms with Crippen LogP contribution in [0.4, 0.5) is 0 Å². The quantitative estimate of drug-likeness (QED) is 0.854. The Morgan fingerprint density at radius 2 is 2.21 bits per heavy atom. The molecule has 19 heavy (non-hydrogen) atoms. The van der Waals surface area contributed by atoms with Crippen molar-refractivity contribution < 1.29 is 14.3 Å². The van der Waals surface area contributed by atoms with Gasteiger partial charge >= 0.3 is 0 Å². The van der Waals surface area contributed by atoms with Crippen molar-refractivity contribution in [1.29, 1.82) is 0 Å². The summed E-state index contributed by atoms with van der Waals surface area (Å²) in [6, 6.07) is 3.77. The summed E-state index contributed by atoms with van der Waals surface area (Å²) in [5.74, 6) is 0.994. The molecule has 0 amide bonds. The van der Waals surface area contributed by atoms with Crippen molar-refractivity contribution in [3.05, 3.63) is 28.3 Å². The molecule has 1 unspecified atom stereocenters. The molecule has 1 aromatic rings. The van der Waals surface area contributed by atoms with E-state index in [4.69, 9.17) is 21.1 Å². The molecule has 3 nitrogen and oxygen atoms in total. The lowest BCUT2D eigenvalue weighted by Crippen LogP contribution is -2.29. The number of ether oxygens (including phenoxy) is 2. The Morgan fingerprint density at radius 3 is 3.00 bits per heavy atom. The lowest BCUT2D eigenvalue weighted by atomic mass is 9.98. The Morgan fingerprint density at radius 1 is 1.32 bits per heavy atom. The first-order valence-corrected chi connectivity index (χ1v) is 7.20. The largest absolute Gasteiger partial charge is 0.493 e. The van der Waals surface area contributed by atoms with Crippen molar-refractivity contribution in [2.75, 3.05) is 13.2 Å². The van der Waals surface area contributed by atoms with Gasteiger partial charge in [0, 0.05) is 30.0 Å². The SMILES string of the molecule is O=C(Cc1cc(Cl)cc2c1OCC2)C1CCCCO1. The summed E-state index contributed by atoms with van der Waals surface area (Å²) >= 11 is 6.10. The molecule has 2 aliphatic heterocycles. The number of carbonyl (C=O) groups excluding carboxylic acids is 1. The minimum atomic E-state index is -0.246. The number of Topliss-reactive ketones (excluding diaryl/α,β-unsaturated/α-hetero) is 1. The Kier molecular flexibility index (Phi) is 3.76. The number of hydrogen-bond acceptors (Lipinski definition) is 3. The van der Waals surface area contributed by atoms with Gasteiger partial charge in [0.15, 0.2) is 5.78 Å². The normalized spacial score (nSPS) is 21.8. The van der Waals surface area contributed by atoms with Crippen molar-refractivity contribution in [2.24, 2.45) is 0 Å². The molecule has 0 radical (unpaired) electrons. The van der Waals surface area contributed by atoms with Crippen molar-refractivity contribution >= 4 is 17.4 Å². The van der Waals surface area contributed by atoms with E-state index < -0.39 is 0 Å². The Bertz CT molecular complexity index is 492. The number of halogens is 1. The van der Waals surface area contributed by atoms with Crippen LogP contribution < -0.4 is 4.74 Å². The molecule has 0 aromatic heterocycles. The van der Waals surface area contributed by atoms with Gasteiger partial charge in [0.1, 0.15) is 11.9 Å². The average Bonchev–Trinajstić information content (AvgIpc) is 2.88. The van der Waals surface area contributed by atoms with Gasteiger partial charge in [0.2, 0.25) is 0 Å². The lowest BCUT2D eigenvalue weighted by molar-refractivity contribution is -0.132. The molecule has 4 heteroatoms. The summed E-state index contributed by atoms with van der Waals surface area (Å²) in [5, 5.41) is 0.677. The van der Waals surface area contributed by atoms with Crippen LogP contribution >= 0.6 is 11.6 Å². The Balaban J connectivity index is 1.77. The maximum Gasteiger partial charge on any atom is 0.166 e. The molecule has 0 bridgehead atoms. The molecule has 1 atom stereocenters. The molecule has 0 N–H and O–H groups in total. The van der Waals surface area contributed by atoms with E-state index in [2.05, 4.69) is 0 Å². The summed E-state index contributed by atoms with van der Waals surface area (Å²) in [5.41, 5.74) is 2.01. The summed E-state index contributed by atoms with van der Waals surface area (Å²) in [7, 11) is 0. The van der Waals surface area contributed by atoms with Gasteiger partial charge in [-0.15, -0.1) is 0 Å². The Hall–Kier alpha value is -1.06. The van der Waals surface area contributed by atoms with Gasteiger partial charge < -0.3 is 9.47 Å². The van der Waals surface area contributed by atoms with Crippen molar-refractivity contribution in [1.82, 2.24) is 0 Å². The molecule has 102 valence electrons. The van der Waals surface area contributed by atoms with Crippen LogP contribution in [-0.4, -0.2) is 25.1 Å². The number of carbonyl (C=O) groups is 1. The predicted molar refractivity (Wildman–Crippen MR) is 73.0 cm³/mol. The zero-order valence-corrected chi connectivity index (χ0v) is 11.5. The van der Waals surface area contributed by atoms with Crippen molar-refractivity contribution in [3.8, 4) is 5.75 Å². The second kappa shape index (κ2) is 5.51. The second-order valence-corrected chi connectivity index (χ2v) is 5.59. The highest BCUT2D eigenvalue weighted by molar-refractivity contribution is 6.30. The lowest BCUT2D eigenvalue weighted by Gasteiger charge is -2.21. The first-order valence-electron chi connectivity index (χ1n) is 6.82. The summed E-state index contributed by atoms with van der Waals surface area (Å²) < 4.78 is 11.2. The van der Waals surface area contributed by atoms with E-state index in [9.17, 15) is 4.79 Å². The van der Waals surface area contributed by atoms with E-state index >= 15 is 0 Å². The fraction of sp³-hybridized carbons (Fsp3) is 0.533. The van der Waals surface area contributed by atoms with E-state index in [1.54, 1.807) is 0 Å². The molecule has 3 rings (SSSR count). The standard InChI is InChI=1S/C15H17ClO3/c16-12-7-10-4-6-19-15(10)11(8-12)9-13(17)14-3-1-2-5-18-14/h7-8,14H,1-6,9H2. The third-order valence-electron chi connectivity index (χ3n) is 3.73. The van der Waals surface area contributed by atoms with E-state index in [1.807, 2.05) is 12.1 Å². The van der Waals surface area contributed by atoms with Gasteiger partial charge in [0.05, 0.1) is 6.61 Å². The van der Waals surface area contributed by atoms with Crippen molar-refractivity contribution in [2.45, 2.75) is 38.2 Å². The molecular weight excluding hydrogens is 264 g/mol. The highest BCUT2D eigenvalue weighted by atomic mass is 35.5. The van der Waals surface area contributed by atoms with Crippen LogP contribution in [0.25, 0.3) is 0 Å². The fourth-order valence-electron chi connectivity index (χ4n) is 2.77. The van der Waals surface area contributed by atoms with Crippen LogP contribution in [0.1, 0.15) is 30.4 Å². The number of fused-ring (bicyclic) bond motifs is 1. The molecule has 2 aliphatic rings. The summed E-state index contributed by atoms with van der Waals surface area (Å²) in [6.45, 7) is 1.37. The maximum atomic E-state index is 12.3. The van der Waals surface area contributed by atoms with Crippen LogP contribution in [0.2, 0.25) is 5.02 Å². The van der Waals surface area contributed by atoms with Crippen LogP contribution in [-0.2, 0) is 22.4 Å². The molecule has 2 heterocycles. The minimum absolute atomic E-state index is 0.139. The number of ketones is 1. The average molecular weight is 281 g/mol. The van der Waals surface area contributed by atoms with E-state index in [0.717, 1.165) is 42.6 Å². The molecule has 0 aliphatic carbocycles. The van der Waals surface area contributed by atoms with Crippen molar-refractivity contribution in [3.63, 3.8) is 0 Å². The van der Waals surface area contributed by atoms with E-state index in [-0.39, 0.29) is 11.9 Å². The van der Waals surface area contributed by atoms with Crippen LogP contribution in [0, 0.1) is 0 Å². The van der Waals surface area contributed by atoms with Gasteiger partial charge in [-0.25, -0.2) is 0 Å². The zero-order chi connectivity index (χ0) is 13.2. The first kappa shape index (κ1) is 12.9. The van der Waals surface area contributed by atoms with Gasteiger partial charge in [0.25, 0.3) is 0 Å². The molecular formula is C15H17ClO3. The Labute approximate surface area is 117 Å². The summed E-state index contributed by atoms with van der Waals surface area (Å²) in [4.78, 5) is 12.3. The monoisotopic (exact) mass is 280 g/mol. The van der Waals surface area contributed by atoms with E-state index in [0.29, 0.717) is 24.7 Å². The van der Waals surface area contributed by atoms with E-state index in [1.165, 1.54) is 0 Å². The van der Waals surface area contributed by atoms with Gasteiger partial charge in [-0.05, 0) is 37.0 Å². The first-order chi connectivity index (χ1) is 9.24. The van der Waals surface area contributed by atoms with Crippen LogP contribution in [0.5, 0.6) is 5.75 Å². The molecule has 0 saturated carbocycles. The molecule has 1 saturated heterocycles. The highest BCUT2D eigenvalue weighted by Gasteiger charge is 2.25. The third-order valence-corrected chi connectivity index (χ3v) is 3.95. The smallest absolute Gasteiger partial charge is 0.166 e. The van der Waals surface area contributed by atoms with Gasteiger partial charge in [-0.1, -0.05) is 11.6 Å². The predicted octanol–water partition coefficient (Wildman–Crippen LogP) is 2.96. The highest BCUT2D eigenvalue weighted by Crippen LogP contribution is 2.33. The number of benzene rings is 1. The number of hydrogen-bond donors (Lipinski definition) is 0. The van der Waals surface area contributed by atoms with Gasteiger partial charge in [-0.3, -0.25) is 4.79 Å². The minimum Gasteiger partial charge on any atom is -0.493 e. The fourth-order valence-corrected chi connectivity index (χ4v) is 3.04. The topological polar surface area (TPSA) is 35.5 Å². The van der Waals surface area contributed by atoms with Crippen LogP contribution in [0.3, 0.4) is 0 Å². The van der Waals surface area contributed by atoms with Gasteiger partial charge in [-0.2, -0.15) is 0 Å². The molecule has 1 aromatic carbocycles.